The fourth-order valence-electron chi connectivity index (χ4n) is 7.70. The van der Waals surface area contributed by atoms with Gasteiger partial charge >= 0.3 is 0 Å². The number of nitrogens with zero attached hydrogens (tertiary/aromatic N) is 1. The van der Waals surface area contributed by atoms with Crippen LogP contribution in [0.4, 0.5) is 17.1 Å². The van der Waals surface area contributed by atoms with Crippen LogP contribution >= 0.6 is 0 Å². The van der Waals surface area contributed by atoms with E-state index < -0.39 is 0 Å². The average Bonchev–Trinajstić information content (AvgIpc) is 3.77. The molecule has 240 valence electrons. The van der Waals surface area contributed by atoms with Crippen molar-refractivity contribution in [2.24, 2.45) is 0 Å². The van der Waals surface area contributed by atoms with E-state index in [0.29, 0.717) is 0 Å². The first kappa shape index (κ1) is 29.3. The number of benzene rings is 8. The summed E-state index contributed by atoms with van der Waals surface area (Å²) in [5.74, 6) is 0. The van der Waals surface area contributed by atoms with Gasteiger partial charge in [0.05, 0.1) is 0 Å². The second-order valence-corrected chi connectivity index (χ2v) is 13.4. The highest BCUT2D eigenvalue weighted by atomic mass is 16.3. The first-order chi connectivity index (χ1) is 25.2. The van der Waals surface area contributed by atoms with Crippen molar-refractivity contribution >= 4 is 39.0 Å². The fourth-order valence-corrected chi connectivity index (χ4v) is 7.70. The second kappa shape index (κ2) is 12.0. The maximum atomic E-state index is 6.09. The smallest absolute Gasteiger partial charge is 0.135 e. The van der Waals surface area contributed by atoms with Gasteiger partial charge < -0.3 is 9.32 Å². The number of furan rings is 1. The second-order valence-electron chi connectivity index (χ2n) is 13.4. The van der Waals surface area contributed by atoms with Crippen LogP contribution in [0.2, 0.25) is 0 Å². The number of rotatable bonds is 6. The van der Waals surface area contributed by atoms with Gasteiger partial charge in [-0.3, -0.25) is 0 Å². The summed E-state index contributed by atoms with van der Waals surface area (Å²) in [5.41, 5.74) is 17.9. The Balaban J connectivity index is 1.01. The fraction of sp³-hybridized carbons (Fsp3) is 0.0204. The molecule has 0 atom stereocenters. The minimum absolute atomic E-state index is 0.912. The minimum Gasteiger partial charge on any atom is -0.456 e. The van der Waals surface area contributed by atoms with Gasteiger partial charge in [0.25, 0.3) is 0 Å². The van der Waals surface area contributed by atoms with Crippen LogP contribution in [-0.4, -0.2) is 0 Å². The minimum atomic E-state index is 0.912. The molecule has 0 saturated carbocycles. The molecule has 9 aromatic rings. The molecular weight excluding hydrogens is 619 g/mol. The number of fused-ring (bicyclic) bond motifs is 6. The van der Waals surface area contributed by atoms with Crippen LogP contribution in [0.25, 0.3) is 66.4 Å². The van der Waals surface area contributed by atoms with E-state index in [9.17, 15) is 0 Å². The Morgan fingerprint density at radius 2 is 0.824 bits per heavy atom. The zero-order chi connectivity index (χ0) is 33.7. The number of anilines is 3. The number of hydrogen-bond donors (Lipinski definition) is 0. The van der Waals surface area contributed by atoms with Gasteiger partial charge in [0.2, 0.25) is 0 Å². The summed E-state index contributed by atoms with van der Waals surface area (Å²) in [6.07, 6.45) is 1.01. The quantitative estimate of drug-likeness (QED) is 0.178. The standard InChI is InChI=1S/C49H33NO/c1-2-8-33(9-3-1)34-16-23-41(24-17-34)50(42-25-18-35(19-26-42)37-14-15-40-30-39-10-4-5-11-44(39)46(40)31-37)43-27-20-36(21-28-43)38-22-29-49-47(32-38)45-12-6-7-13-48(45)51-49/h1-29,31-32H,30H2. The third-order valence-electron chi connectivity index (χ3n) is 10.3. The Kier molecular flexibility index (Phi) is 6.92. The van der Waals surface area contributed by atoms with Gasteiger partial charge in [-0.25, -0.2) is 0 Å². The summed E-state index contributed by atoms with van der Waals surface area (Å²) in [4.78, 5) is 2.34. The molecule has 2 nitrogen and oxygen atoms in total. The van der Waals surface area contributed by atoms with E-state index in [0.717, 1.165) is 45.4 Å². The van der Waals surface area contributed by atoms with Crippen LogP contribution in [-0.2, 0) is 6.42 Å². The number of hydrogen-bond acceptors (Lipinski definition) is 2. The van der Waals surface area contributed by atoms with Crippen molar-refractivity contribution < 1.29 is 4.42 Å². The molecule has 0 N–H and O–H groups in total. The molecule has 10 rings (SSSR count). The highest BCUT2D eigenvalue weighted by molar-refractivity contribution is 6.06. The largest absolute Gasteiger partial charge is 0.456 e. The molecule has 1 aliphatic rings. The molecule has 1 aromatic heterocycles. The maximum absolute atomic E-state index is 6.09. The third-order valence-corrected chi connectivity index (χ3v) is 10.3. The molecule has 0 fully saturated rings. The topological polar surface area (TPSA) is 16.4 Å². The molecule has 1 heterocycles. The van der Waals surface area contributed by atoms with Crippen LogP contribution in [0.5, 0.6) is 0 Å². The lowest BCUT2D eigenvalue weighted by Gasteiger charge is -2.26. The van der Waals surface area contributed by atoms with Crippen LogP contribution < -0.4 is 4.90 Å². The monoisotopic (exact) mass is 651 g/mol. The molecule has 0 radical (unpaired) electrons. The van der Waals surface area contributed by atoms with E-state index in [2.05, 4.69) is 181 Å². The van der Waals surface area contributed by atoms with E-state index in [1.807, 2.05) is 12.1 Å². The van der Waals surface area contributed by atoms with E-state index in [-0.39, 0.29) is 0 Å². The molecule has 0 saturated heterocycles. The van der Waals surface area contributed by atoms with Gasteiger partial charge in [-0.05, 0) is 123 Å². The van der Waals surface area contributed by atoms with Gasteiger partial charge in [-0.1, -0.05) is 127 Å². The summed E-state index contributed by atoms with van der Waals surface area (Å²) in [6.45, 7) is 0. The van der Waals surface area contributed by atoms with E-state index in [1.54, 1.807) is 0 Å². The Bertz CT molecular complexity index is 2690. The Hall–Kier alpha value is -6.64. The summed E-state index contributed by atoms with van der Waals surface area (Å²) in [5, 5.41) is 2.28. The van der Waals surface area contributed by atoms with Crippen LogP contribution in [0.15, 0.2) is 192 Å². The summed E-state index contributed by atoms with van der Waals surface area (Å²) in [6, 6.07) is 67.7. The normalized spacial score (nSPS) is 11.8. The molecule has 2 heteroatoms. The highest BCUT2D eigenvalue weighted by Gasteiger charge is 2.19. The van der Waals surface area contributed by atoms with Gasteiger partial charge in [-0.2, -0.15) is 0 Å². The summed E-state index contributed by atoms with van der Waals surface area (Å²) < 4.78 is 6.09. The first-order valence-corrected chi connectivity index (χ1v) is 17.5. The third kappa shape index (κ3) is 5.21. The molecule has 0 aliphatic heterocycles. The van der Waals surface area contributed by atoms with Crippen LogP contribution in [0.1, 0.15) is 11.1 Å². The molecule has 1 aliphatic carbocycles. The van der Waals surface area contributed by atoms with Crippen molar-refractivity contribution in [2.75, 3.05) is 4.90 Å². The predicted octanol–water partition coefficient (Wildman–Crippen LogP) is 13.6. The van der Waals surface area contributed by atoms with Gasteiger partial charge in [0, 0.05) is 27.8 Å². The first-order valence-electron chi connectivity index (χ1n) is 17.5. The van der Waals surface area contributed by atoms with Crippen molar-refractivity contribution in [3.8, 4) is 44.5 Å². The maximum Gasteiger partial charge on any atom is 0.135 e. The Labute approximate surface area is 297 Å². The van der Waals surface area contributed by atoms with Gasteiger partial charge in [0.1, 0.15) is 11.2 Å². The zero-order valence-electron chi connectivity index (χ0n) is 28.0. The van der Waals surface area contributed by atoms with Gasteiger partial charge in [0.15, 0.2) is 0 Å². The molecular formula is C49H33NO. The van der Waals surface area contributed by atoms with Crippen molar-refractivity contribution in [1.82, 2.24) is 0 Å². The van der Waals surface area contributed by atoms with E-state index in [1.165, 1.54) is 55.6 Å². The van der Waals surface area contributed by atoms with Crippen LogP contribution in [0.3, 0.4) is 0 Å². The lowest BCUT2D eigenvalue weighted by atomic mass is 9.98. The Morgan fingerprint density at radius 1 is 0.333 bits per heavy atom. The molecule has 0 unspecified atom stereocenters. The average molecular weight is 652 g/mol. The molecule has 8 aromatic carbocycles. The molecule has 51 heavy (non-hydrogen) atoms. The summed E-state index contributed by atoms with van der Waals surface area (Å²) >= 11 is 0. The molecule has 0 spiro atoms. The van der Waals surface area contributed by atoms with Crippen molar-refractivity contribution in [3.63, 3.8) is 0 Å². The van der Waals surface area contributed by atoms with E-state index in [4.69, 9.17) is 4.42 Å². The SMILES string of the molecule is c1ccc(-c2ccc(N(c3ccc(-c4ccc5c(c4)-c4ccccc4C5)cc3)c3ccc(-c4ccc5oc6ccccc6c5c4)cc3)cc2)cc1. The van der Waals surface area contributed by atoms with Gasteiger partial charge in [-0.15, -0.1) is 0 Å². The van der Waals surface area contributed by atoms with Crippen molar-refractivity contribution in [1.29, 1.82) is 0 Å². The summed E-state index contributed by atoms with van der Waals surface area (Å²) in [7, 11) is 0. The predicted molar refractivity (Wildman–Crippen MR) is 213 cm³/mol. The lowest BCUT2D eigenvalue weighted by Crippen LogP contribution is -2.09. The Morgan fingerprint density at radius 3 is 1.53 bits per heavy atom. The lowest BCUT2D eigenvalue weighted by molar-refractivity contribution is 0.669. The van der Waals surface area contributed by atoms with Crippen molar-refractivity contribution in [2.45, 2.75) is 6.42 Å². The van der Waals surface area contributed by atoms with Crippen molar-refractivity contribution in [3.05, 3.63) is 199 Å². The zero-order valence-corrected chi connectivity index (χ0v) is 28.0. The molecule has 0 bridgehead atoms. The number of para-hydroxylation sites is 1. The van der Waals surface area contributed by atoms with E-state index >= 15 is 0 Å². The molecule has 0 amide bonds. The van der Waals surface area contributed by atoms with Crippen LogP contribution in [0, 0.1) is 0 Å². The highest BCUT2D eigenvalue weighted by Crippen LogP contribution is 2.41.